The van der Waals surface area contributed by atoms with E-state index in [1.54, 1.807) is 20.8 Å². The van der Waals surface area contributed by atoms with Gasteiger partial charge in [0, 0.05) is 0 Å². The van der Waals surface area contributed by atoms with Crippen LogP contribution in [0.4, 0.5) is 5.69 Å². The second-order valence-electron chi connectivity index (χ2n) is 3.67. The number of ether oxygens (including phenoxy) is 2. The first-order valence-electron chi connectivity index (χ1n) is 6.08. The zero-order valence-electron chi connectivity index (χ0n) is 11.2. The molecular weight excluding hydrogens is 254 g/mol. The minimum absolute atomic E-state index is 0.0877. The predicted molar refractivity (Wildman–Crippen MR) is 66.0 cm³/mol. The Hall–Kier alpha value is -2.12. The van der Waals surface area contributed by atoms with Crippen molar-refractivity contribution in [1.82, 2.24) is 9.78 Å². The molecule has 0 fully saturated rings. The monoisotopic (exact) mass is 271 g/mol. The second kappa shape index (κ2) is 6.72. The SMILES string of the molecule is CCOC(=O)C(CC)n1cc([N+](=O)[O-])c(OCC)n1. The van der Waals surface area contributed by atoms with Crippen LogP contribution in [0.2, 0.25) is 0 Å². The van der Waals surface area contributed by atoms with Gasteiger partial charge in [0.2, 0.25) is 0 Å². The number of carbonyl (C=O) groups is 1. The van der Waals surface area contributed by atoms with E-state index in [-0.39, 0.29) is 24.8 Å². The van der Waals surface area contributed by atoms with Crippen LogP contribution >= 0.6 is 0 Å². The molecule has 106 valence electrons. The summed E-state index contributed by atoms with van der Waals surface area (Å²) in [6.07, 6.45) is 1.61. The third-order valence-corrected chi connectivity index (χ3v) is 2.42. The third kappa shape index (κ3) is 3.43. The molecule has 0 aliphatic rings. The maximum Gasteiger partial charge on any atom is 0.350 e. The molecule has 0 radical (unpaired) electrons. The van der Waals surface area contributed by atoms with Crippen molar-refractivity contribution in [3.05, 3.63) is 16.3 Å². The van der Waals surface area contributed by atoms with Gasteiger partial charge in [-0.05, 0) is 20.3 Å². The smallest absolute Gasteiger partial charge is 0.350 e. The van der Waals surface area contributed by atoms with Crippen LogP contribution in [0.15, 0.2) is 6.20 Å². The summed E-state index contributed by atoms with van der Waals surface area (Å²) in [6.45, 7) is 5.67. The first kappa shape index (κ1) is 14.9. The van der Waals surface area contributed by atoms with E-state index in [0.717, 1.165) is 0 Å². The lowest BCUT2D eigenvalue weighted by Gasteiger charge is -2.13. The highest BCUT2D eigenvalue weighted by Gasteiger charge is 2.27. The van der Waals surface area contributed by atoms with Gasteiger partial charge in [-0.15, -0.1) is 5.10 Å². The molecule has 0 saturated carbocycles. The Morgan fingerprint density at radius 2 is 2.16 bits per heavy atom. The lowest BCUT2D eigenvalue weighted by atomic mass is 10.2. The van der Waals surface area contributed by atoms with Crippen LogP contribution in [0, 0.1) is 10.1 Å². The zero-order valence-corrected chi connectivity index (χ0v) is 11.2. The van der Waals surface area contributed by atoms with Crippen molar-refractivity contribution in [3.63, 3.8) is 0 Å². The summed E-state index contributed by atoms with van der Waals surface area (Å²) >= 11 is 0. The maximum atomic E-state index is 11.7. The van der Waals surface area contributed by atoms with E-state index >= 15 is 0 Å². The lowest BCUT2D eigenvalue weighted by molar-refractivity contribution is -0.386. The Labute approximate surface area is 110 Å². The first-order valence-corrected chi connectivity index (χ1v) is 6.08. The van der Waals surface area contributed by atoms with E-state index < -0.39 is 16.9 Å². The molecule has 0 N–H and O–H groups in total. The molecule has 8 heteroatoms. The number of hydrogen-bond acceptors (Lipinski definition) is 6. The topological polar surface area (TPSA) is 96.5 Å². The predicted octanol–water partition coefficient (Wildman–Crippen LogP) is 1.70. The quantitative estimate of drug-likeness (QED) is 0.425. The summed E-state index contributed by atoms with van der Waals surface area (Å²) in [6, 6.07) is -0.687. The van der Waals surface area contributed by atoms with Crippen molar-refractivity contribution in [3.8, 4) is 5.88 Å². The fourth-order valence-electron chi connectivity index (χ4n) is 1.59. The van der Waals surface area contributed by atoms with Gasteiger partial charge >= 0.3 is 17.5 Å². The maximum absolute atomic E-state index is 11.7. The Balaban J connectivity index is 3.07. The van der Waals surface area contributed by atoms with E-state index in [2.05, 4.69) is 5.10 Å². The third-order valence-electron chi connectivity index (χ3n) is 2.42. The molecule has 19 heavy (non-hydrogen) atoms. The van der Waals surface area contributed by atoms with Crippen LogP contribution in [-0.2, 0) is 9.53 Å². The summed E-state index contributed by atoms with van der Waals surface area (Å²) in [4.78, 5) is 22.0. The van der Waals surface area contributed by atoms with Crippen molar-refractivity contribution < 1.29 is 19.2 Å². The molecule has 1 unspecified atom stereocenters. The molecule has 0 amide bonds. The second-order valence-corrected chi connectivity index (χ2v) is 3.67. The van der Waals surface area contributed by atoms with E-state index in [4.69, 9.17) is 9.47 Å². The van der Waals surface area contributed by atoms with Crippen LogP contribution in [0.3, 0.4) is 0 Å². The van der Waals surface area contributed by atoms with Gasteiger partial charge in [-0.25, -0.2) is 9.48 Å². The summed E-state index contributed by atoms with van der Waals surface area (Å²) in [5.74, 6) is -0.555. The molecule has 0 spiro atoms. The Kier molecular flexibility index (Phi) is 5.28. The standard InChI is InChI=1S/C11H17N3O5/c1-4-8(11(15)19-6-3)13-7-9(14(16)17)10(12-13)18-5-2/h7-8H,4-6H2,1-3H3. The molecule has 1 aromatic heterocycles. The van der Waals surface area contributed by atoms with Crippen LogP contribution in [-0.4, -0.2) is 33.9 Å². The molecule has 0 aliphatic heterocycles. The largest absolute Gasteiger partial charge is 0.472 e. The number of aromatic nitrogens is 2. The number of hydrogen-bond donors (Lipinski definition) is 0. The number of nitrogens with zero attached hydrogens (tertiary/aromatic N) is 3. The van der Waals surface area contributed by atoms with Crippen molar-refractivity contribution in [1.29, 1.82) is 0 Å². The number of rotatable bonds is 7. The Morgan fingerprint density at radius 1 is 1.47 bits per heavy atom. The molecule has 0 saturated heterocycles. The van der Waals surface area contributed by atoms with Gasteiger partial charge in [0.15, 0.2) is 0 Å². The fourth-order valence-corrected chi connectivity index (χ4v) is 1.59. The molecule has 1 rings (SSSR count). The Bertz CT molecular complexity index is 457. The van der Waals surface area contributed by atoms with Crippen molar-refractivity contribution in [2.24, 2.45) is 0 Å². The first-order chi connectivity index (χ1) is 9.04. The minimum Gasteiger partial charge on any atom is -0.472 e. The van der Waals surface area contributed by atoms with Gasteiger partial charge in [-0.3, -0.25) is 10.1 Å². The normalized spacial score (nSPS) is 11.9. The summed E-state index contributed by atoms with van der Waals surface area (Å²) < 4.78 is 11.2. The van der Waals surface area contributed by atoms with Gasteiger partial charge in [-0.2, -0.15) is 0 Å². The highest BCUT2D eigenvalue weighted by Crippen LogP contribution is 2.27. The molecule has 1 atom stereocenters. The summed E-state index contributed by atoms with van der Waals surface area (Å²) in [7, 11) is 0. The summed E-state index contributed by atoms with van der Waals surface area (Å²) in [5.41, 5.74) is -0.260. The van der Waals surface area contributed by atoms with Crippen LogP contribution in [0.5, 0.6) is 5.88 Å². The average Bonchev–Trinajstić information content (AvgIpc) is 2.75. The fraction of sp³-hybridized carbons (Fsp3) is 0.636. The van der Waals surface area contributed by atoms with E-state index in [1.807, 2.05) is 0 Å². The molecular formula is C11H17N3O5. The molecule has 8 nitrogen and oxygen atoms in total. The van der Waals surface area contributed by atoms with Crippen molar-refractivity contribution in [2.45, 2.75) is 33.2 Å². The highest BCUT2D eigenvalue weighted by atomic mass is 16.6. The van der Waals surface area contributed by atoms with E-state index in [0.29, 0.717) is 6.42 Å². The number of nitro groups is 1. The van der Waals surface area contributed by atoms with Crippen LogP contribution < -0.4 is 4.74 Å². The van der Waals surface area contributed by atoms with Crippen molar-refractivity contribution >= 4 is 11.7 Å². The average molecular weight is 271 g/mol. The highest BCUT2D eigenvalue weighted by molar-refractivity contribution is 5.74. The molecule has 0 bridgehead atoms. The summed E-state index contributed by atoms with van der Waals surface area (Å²) in [5, 5.41) is 14.8. The van der Waals surface area contributed by atoms with Crippen LogP contribution in [0.1, 0.15) is 33.2 Å². The van der Waals surface area contributed by atoms with Crippen LogP contribution in [0.25, 0.3) is 0 Å². The van der Waals surface area contributed by atoms with Crippen molar-refractivity contribution in [2.75, 3.05) is 13.2 Å². The Morgan fingerprint density at radius 3 is 2.63 bits per heavy atom. The number of carbonyl (C=O) groups excluding carboxylic acids is 1. The molecule has 0 aliphatic carbocycles. The van der Waals surface area contributed by atoms with Gasteiger partial charge in [0.05, 0.1) is 18.1 Å². The van der Waals surface area contributed by atoms with E-state index in [1.165, 1.54) is 10.9 Å². The van der Waals surface area contributed by atoms with Gasteiger partial charge in [0.25, 0.3) is 0 Å². The molecule has 1 aromatic rings. The number of esters is 1. The minimum atomic E-state index is -0.687. The zero-order chi connectivity index (χ0) is 14.4. The van der Waals surface area contributed by atoms with Gasteiger partial charge in [-0.1, -0.05) is 6.92 Å². The lowest BCUT2D eigenvalue weighted by Crippen LogP contribution is -2.21. The molecule has 0 aromatic carbocycles. The van der Waals surface area contributed by atoms with E-state index in [9.17, 15) is 14.9 Å². The van der Waals surface area contributed by atoms with Gasteiger partial charge in [0.1, 0.15) is 12.2 Å². The van der Waals surface area contributed by atoms with Gasteiger partial charge < -0.3 is 9.47 Å². The molecule has 1 heterocycles.